The lowest BCUT2D eigenvalue weighted by atomic mass is 10.2. The molecule has 0 fully saturated rings. The lowest BCUT2D eigenvalue weighted by Gasteiger charge is -2.20. The van der Waals surface area contributed by atoms with Crippen molar-refractivity contribution in [2.24, 2.45) is 0 Å². The van der Waals surface area contributed by atoms with Crippen molar-refractivity contribution < 1.29 is 9.47 Å². The highest BCUT2D eigenvalue weighted by Crippen LogP contribution is 2.29. The van der Waals surface area contributed by atoms with Crippen molar-refractivity contribution in [3.63, 3.8) is 0 Å². The summed E-state index contributed by atoms with van der Waals surface area (Å²) in [6.45, 7) is 18.6. The van der Waals surface area contributed by atoms with Crippen LogP contribution in [0.25, 0.3) is 44.8 Å². The fourth-order valence-corrected chi connectivity index (χ4v) is 7.61. The van der Waals surface area contributed by atoms with Gasteiger partial charge in [0.05, 0.1) is 35.3 Å². The molecule has 0 bridgehead atoms. The van der Waals surface area contributed by atoms with Gasteiger partial charge < -0.3 is 28.4 Å². The number of ether oxygens (including phenoxy) is 2. The van der Waals surface area contributed by atoms with Crippen LogP contribution in [0.1, 0.15) is 66.2 Å². The van der Waals surface area contributed by atoms with Gasteiger partial charge in [-0.3, -0.25) is 0 Å². The predicted molar refractivity (Wildman–Crippen MR) is 234 cm³/mol. The standard InChI is InChI=1S/C48H62N6O2/c1-5-29-51(30-6-2)33-15-37-55-41-25-21-39(22-26-41)47-49-43-17-9-11-19-45(43)53(47)35-13-14-36-54-46-20-12-10-18-44(46)50-48(54)40-23-27-42(28-24-40)56-38-16-34-52(31-7-3)32-8-4/h9-14,17-28H,5-8,15-16,29-38H2,1-4H3. The van der Waals surface area contributed by atoms with Crippen molar-refractivity contribution in [3.8, 4) is 34.3 Å². The molecule has 8 heteroatoms. The summed E-state index contributed by atoms with van der Waals surface area (Å²) in [6, 6.07) is 33.6. The normalized spacial score (nSPS) is 11.9. The van der Waals surface area contributed by atoms with Crippen molar-refractivity contribution in [3.05, 3.63) is 109 Å². The molecular formula is C48H62N6O2. The maximum absolute atomic E-state index is 6.15. The summed E-state index contributed by atoms with van der Waals surface area (Å²) in [4.78, 5) is 15.2. The number of hydrogen-bond donors (Lipinski definition) is 0. The number of nitrogens with zero attached hydrogens (tertiary/aromatic N) is 6. The molecule has 296 valence electrons. The van der Waals surface area contributed by atoms with E-state index in [1.165, 1.54) is 25.7 Å². The van der Waals surface area contributed by atoms with Crippen LogP contribution in [0, 0.1) is 0 Å². The van der Waals surface area contributed by atoms with Crippen LogP contribution in [0.3, 0.4) is 0 Å². The number of benzene rings is 4. The van der Waals surface area contributed by atoms with Crippen molar-refractivity contribution in [1.82, 2.24) is 28.9 Å². The summed E-state index contributed by atoms with van der Waals surface area (Å²) in [7, 11) is 0. The second-order valence-corrected chi connectivity index (χ2v) is 14.7. The first kappa shape index (κ1) is 40.7. The van der Waals surface area contributed by atoms with Gasteiger partial charge in [-0.2, -0.15) is 0 Å². The molecule has 6 aromatic rings. The molecule has 0 amide bonds. The predicted octanol–water partition coefficient (Wildman–Crippen LogP) is 10.8. The molecule has 0 aliphatic heterocycles. The Hall–Kier alpha value is -4.92. The van der Waals surface area contributed by atoms with Gasteiger partial charge in [-0.15, -0.1) is 0 Å². The van der Waals surface area contributed by atoms with Crippen LogP contribution < -0.4 is 9.47 Å². The highest BCUT2D eigenvalue weighted by molar-refractivity contribution is 5.82. The monoisotopic (exact) mass is 754 g/mol. The van der Waals surface area contributed by atoms with Gasteiger partial charge in [0.15, 0.2) is 0 Å². The third kappa shape index (κ3) is 10.9. The van der Waals surface area contributed by atoms with Crippen molar-refractivity contribution in [2.75, 3.05) is 52.5 Å². The minimum absolute atomic E-state index is 0.697. The van der Waals surface area contributed by atoms with E-state index in [0.717, 1.165) is 122 Å². The summed E-state index contributed by atoms with van der Waals surface area (Å²) in [5, 5.41) is 0. The molecule has 0 atom stereocenters. The zero-order valence-electron chi connectivity index (χ0n) is 34.2. The van der Waals surface area contributed by atoms with Gasteiger partial charge in [0.2, 0.25) is 0 Å². The van der Waals surface area contributed by atoms with Gasteiger partial charge in [-0.25, -0.2) is 9.97 Å². The first-order valence-corrected chi connectivity index (χ1v) is 21.1. The topological polar surface area (TPSA) is 60.6 Å². The molecular weight excluding hydrogens is 693 g/mol. The van der Waals surface area contributed by atoms with Crippen molar-refractivity contribution >= 4 is 22.1 Å². The van der Waals surface area contributed by atoms with E-state index in [1.807, 2.05) is 0 Å². The van der Waals surface area contributed by atoms with Crippen LogP contribution in [-0.4, -0.2) is 81.4 Å². The molecule has 8 nitrogen and oxygen atoms in total. The molecule has 0 unspecified atom stereocenters. The third-order valence-electron chi connectivity index (χ3n) is 10.2. The fraction of sp³-hybridized carbons (Fsp3) is 0.417. The van der Waals surface area contributed by atoms with E-state index in [9.17, 15) is 0 Å². The summed E-state index contributed by atoms with van der Waals surface area (Å²) >= 11 is 0. The molecule has 0 radical (unpaired) electrons. The fourth-order valence-electron chi connectivity index (χ4n) is 7.61. The maximum Gasteiger partial charge on any atom is 0.141 e. The van der Waals surface area contributed by atoms with E-state index in [-0.39, 0.29) is 0 Å². The average Bonchev–Trinajstić information content (AvgIpc) is 3.79. The van der Waals surface area contributed by atoms with E-state index >= 15 is 0 Å². The summed E-state index contributed by atoms with van der Waals surface area (Å²) in [6.07, 6.45) is 11.3. The van der Waals surface area contributed by atoms with Crippen LogP contribution in [-0.2, 0) is 13.1 Å². The molecule has 2 heterocycles. The molecule has 0 aliphatic carbocycles. The lowest BCUT2D eigenvalue weighted by molar-refractivity contribution is 0.234. The Morgan fingerprint density at radius 3 is 1.23 bits per heavy atom. The molecule has 4 aromatic carbocycles. The van der Waals surface area contributed by atoms with Gasteiger partial charge >= 0.3 is 0 Å². The second-order valence-electron chi connectivity index (χ2n) is 14.7. The molecule has 0 saturated heterocycles. The zero-order valence-corrected chi connectivity index (χ0v) is 34.2. The van der Waals surface area contributed by atoms with E-state index in [4.69, 9.17) is 19.4 Å². The Balaban J connectivity index is 1.11. The van der Waals surface area contributed by atoms with Gasteiger partial charge in [0.1, 0.15) is 23.1 Å². The minimum Gasteiger partial charge on any atom is -0.494 e. The Morgan fingerprint density at radius 1 is 0.482 bits per heavy atom. The van der Waals surface area contributed by atoms with Crippen LogP contribution in [0.15, 0.2) is 109 Å². The van der Waals surface area contributed by atoms with Crippen LogP contribution >= 0.6 is 0 Å². The molecule has 6 rings (SSSR count). The number of rotatable bonds is 24. The SMILES string of the molecule is CCCN(CCC)CCCOc1ccc(-c2nc3ccccc3n2CC=CCn2c(-c3ccc(OCCCN(CCC)CCC)cc3)nc3ccccc32)cc1. The first-order valence-electron chi connectivity index (χ1n) is 21.1. The number of aromatic nitrogens is 4. The minimum atomic E-state index is 0.697. The summed E-state index contributed by atoms with van der Waals surface area (Å²) < 4.78 is 16.9. The maximum atomic E-state index is 6.15. The van der Waals surface area contributed by atoms with Crippen molar-refractivity contribution in [2.45, 2.75) is 79.3 Å². The summed E-state index contributed by atoms with van der Waals surface area (Å²) in [5.41, 5.74) is 6.36. The Kier molecular flexibility index (Phi) is 15.6. The van der Waals surface area contributed by atoms with Crippen LogP contribution in [0.2, 0.25) is 0 Å². The molecule has 56 heavy (non-hydrogen) atoms. The first-order chi connectivity index (χ1) is 27.6. The quantitative estimate of drug-likeness (QED) is 0.0453. The summed E-state index contributed by atoms with van der Waals surface area (Å²) in [5.74, 6) is 3.70. The van der Waals surface area contributed by atoms with E-state index in [0.29, 0.717) is 13.1 Å². The number of imidazole rings is 2. The highest BCUT2D eigenvalue weighted by Gasteiger charge is 2.14. The number of allylic oxidation sites excluding steroid dienone is 2. The number of hydrogen-bond acceptors (Lipinski definition) is 6. The van der Waals surface area contributed by atoms with Gasteiger partial charge in [0.25, 0.3) is 0 Å². The third-order valence-corrected chi connectivity index (χ3v) is 10.2. The number of para-hydroxylation sites is 4. The Labute approximate surface area is 334 Å². The Bertz CT molecular complexity index is 1920. The molecule has 0 saturated carbocycles. The smallest absolute Gasteiger partial charge is 0.141 e. The van der Waals surface area contributed by atoms with Crippen LogP contribution in [0.5, 0.6) is 11.5 Å². The molecule has 0 N–H and O–H groups in total. The van der Waals surface area contributed by atoms with Gasteiger partial charge in [0, 0.05) is 37.3 Å². The largest absolute Gasteiger partial charge is 0.494 e. The zero-order chi connectivity index (χ0) is 39.0. The second kappa shape index (κ2) is 21.4. The van der Waals surface area contributed by atoms with E-state index < -0.39 is 0 Å². The Morgan fingerprint density at radius 2 is 0.857 bits per heavy atom. The van der Waals surface area contributed by atoms with E-state index in [1.54, 1.807) is 0 Å². The van der Waals surface area contributed by atoms with Crippen molar-refractivity contribution in [1.29, 1.82) is 0 Å². The number of fused-ring (bicyclic) bond motifs is 2. The molecule has 0 aliphatic rings. The van der Waals surface area contributed by atoms with Gasteiger partial charge in [-0.05, 0) is 138 Å². The van der Waals surface area contributed by atoms with Gasteiger partial charge in [-0.1, -0.05) is 64.1 Å². The molecule has 0 spiro atoms. The average molecular weight is 755 g/mol. The van der Waals surface area contributed by atoms with E-state index in [2.05, 4.69) is 156 Å². The lowest BCUT2D eigenvalue weighted by Crippen LogP contribution is -2.27. The van der Waals surface area contributed by atoms with Crippen LogP contribution in [0.4, 0.5) is 0 Å². The highest BCUT2D eigenvalue weighted by atomic mass is 16.5. The molecule has 2 aromatic heterocycles.